The van der Waals surface area contributed by atoms with Crippen molar-refractivity contribution in [2.75, 3.05) is 12.0 Å². The second kappa shape index (κ2) is 5.87. The fraction of sp³-hybridized carbons (Fsp3) is 0.400. The summed E-state index contributed by atoms with van der Waals surface area (Å²) in [6.45, 7) is 0. The van der Waals surface area contributed by atoms with Gasteiger partial charge in [-0.1, -0.05) is 0 Å². The van der Waals surface area contributed by atoms with E-state index >= 15 is 0 Å². The highest BCUT2D eigenvalue weighted by Gasteiger charge is 2.27. The molecule has 9 heteroatoms. The van der Waals surface area contributed by atoms with Gasteiger partial charge in [0, 0.05) is 18.1 Å². The van der Waals surface area contributed by atoms with Crippen molar-refractivity contribution < 1.29 is 23.6 Å². The molecule has 0 aromatic heterocycles. The molecule has 19 heavy (non-hydrogen) atoms. The number of benzene rings is 1. The summed E-state index contributed by atoms with van der Waals surface area (Å²) in [6.07, 6.45) is -1.87. The first-order valence-corrected chi connectivity index (χ1v) is 7.66. The van der Waals surface area contributed by atoms with E-state index in [0.717, 1.165) is 24.5 Å². The highest BCUT2D eigenvalue weighted by atomic mass is 32.2. The summed E-state index contributed by atoms with van der Waals surface area (Å²) >= 11 is 3.78. The number of thiol groups is 1. The molecule has 0 radical (unpaired) electrons. The second-order valence-electron chi connectivity index (χ2n) is 3.94. The van der Waals surface area contributed by atoms with Gasteiger partial charge in [0.1, 0.15) is 6.10 Å². The number of nitrogens with zero attached hydrogens (tertiary/aromatic N) is 1. The fourth-order valence-corrected chi connectivity index (χ4v) is 2.31. The fourth-order valence-electron chi connectivity index (χ4n) is 1.47. The van der Waals surface area contributed by atoms with E-state index in [2.05, 4.69) is 12.6 Å². The zero-order valence-electron chi connectivity index (χ0n) is 9.92. The number of nitro benzene ring substituents is 1. The van der Waals surface area contributed by atoms with E-state index in [9.17, 15) is 28.7 Å². The molecule has 0 spiro atoms. The number of hydrogen-bond acceptors (Lipinski definition) is 7. The zero-order valence-corrected chi connectivity index (χ0v) is 11.6. The Hall–Kier alpha value is -1.16. The van der Waals surface area contributed by atoms with E-state index in [4.69, 9.17) is 0 Å². The van der Waals surface area contributed by atoms with Crippen molar-refractivity contribution in [3.05, 3.63) is 33.9 Å². The van der Waals surface area contributed by atoms with Crippen LogP contribution in [0.2, 0.25) is 0 Å². The summed E-state index contributed by atoms with van der Waals surface area (Å²) in [7, 11) is -3.59. The maximum absolute atomic E-state index is 11.3. The van der Waals surface area contributed by atoms with E-state index < -0.39 is 32.7 Å². The Balaban J connectivity index is 3.39. The molecule has 2 unspecified atom stereocenters. The van der Waals surface area contributed by atoms with Gasteiger partial charge < -0.3 is 10.2 Å². The first kappa shape index (κ1) is 15.9. The number of aliphatic hydroxyl groups is 2. The summed E-state index contributed by atoms with van der Waals surface area (Å²) in [5, 5.41) is 30.1. The maximum Gasteiger partial charge on any atom is 0.276 e. The van der Waals surface area contributed by atoms with Crippen molar-refractivity contribution in [3.8, 4) is 0 Å². The molecular formula is C10H13NO6S2. The third-order valence-electron chi connectivity index (χ3n) is 2.50. The smallest absolute Gasteiger partial charge is 0.276 e. The van der Waals surface area contributed by atoms with Gasteiger partial charge in [0.25, 0.3) is 5.69 Å². The van der Waals surface area contributed by atoms with Crippen LogP contribution >= 0.6 is 12.6 Å². The lowest BCUT2D eigenvalue weighted by Gasteiger charge is -2.16. The predicted molar refractivity (Wildman–Crippen MR) is 71.0 cm³/mol. The topological polar surface area (TPSA) is 118 Å². The van der Waals surface area contributed by atoms with Gasteiger partial charge in [-0.2, -0.15) is 12.6 Å². The Kier molecular flexibility index (Phi) is 4.91. The highest BCUT2D eigenvalue weighted by molar-refractivity contribution is 7.90. The Morgan fingerprint density at radius 1 is 1.42 bits per heavy atom. The number of nitro groups is 1. The maximum atomic E-state index is 11.3. The average molecular weight is 307 g/mol. The van der Waals surface area contributed by atoms with E-state index in [-0.39, 0.29) is 16.2 Å². The van der Waals surface area contributed by atoms with Gasteiger partial charge >= 0.3 is 0 Å². The van der Waals surface area contributed by atoms with Crippen LogP contribution in [-0.2, 0) is 9.84 Å². The summed E-state index contributed by atoms with van der Waals surface area (Å²) in [4.78, 5) is 9.88. The third-order valence-corrected chi connectivity index (χ3v) is 3.98. The van der Waals surface area contributed by atoms with Crippen LogP contribution in [0, 0.1) is 10.1 Å². The SMILES string of the molecule is CS(=O)(=O)c1ccc(C(O)C(O)CS)c([N+](=O)[O-])c1. The van der Waals surface area contributed by atoms with Crippen molar-refractivity contribution >= 4 is 28.2 Å². The van der Waals surface area contributed by atoms with Crippen LogP contribution in [0.5, 0.6) is 0 Å². The minimum atomic E-state index is -3.59. The van der Waals surface area contributed by atoms with Gasteiger partial charge in [0.15, 0.2) is 9.84 Å². The number of aliphatic hydroxyl groups excluding tert-OH is 2. The number of sulfone groups is 1. The average Bonchev–Trinajstić information content (AvgIpc) is 2.35. The van der Waals surface area contributed by atoms with Gasteiger partial charge in [0.2, 0.25) is 0 Å². The van der Waals surface area contributed by atoms with Crippen molar-refractivity contribution in [1.82, 2.24) is 0 Å². The predicted octanol–water partition coefficient (Wildman–Crippen LogP) is 0.322. The van der Waals surface area contributed by atoms with Gasteiger partial charge in [-0.05, 0) is 12.1 Å². The molecule has 2 N–H and O–H groups in total. The normalized spacial score (nSPS) is 14.9. The van der Waals surface area contributed by atoms with Crippen molar-refractivity contribution in [1.29, 1.82) is 0 Å². The molecule has 0 aliphatic rings. The van der Waals surface area contributed by atoms with Crippen molar-refractivity contribution in [2.24, 2.45) is 0 Å². The minimum Gasteiger partial charge on any atom is -0.389 e. The molecule has 0 fully saturated rings. The molecular weight excluding hydrogens is 294 g/mol. The summed E-state index contributed by atoms with van der Waals surface area (Å²) in [6, 6.07) is 3.12. The third kappa shape index (κ3) is 3.66. The van der Waals surface area contributed by atoms with E-state index in [1.165, 1.54) is 0 Å². The molecule has 0 aliphatic heterocycles. The summed E-state index contributed by atoms with van der Waals surface area (Å²) in [5.74, 6) is -0.0911. The molecule has 1 rings (SSSR count). The molecule has 0 amide bonds. The van der Waals surface area contributed by atoms with Crippen LogP contribution in [0.1, 0.15) is 11.7 Å². The summed E-state index contributed by atoms with van der Waals surface area (Å²) in [5.41, 5.74) is -0.713. The molecule has 7 nitrogen and oxygen atoms in total. The van der Waals surface area contributed by atoms with Gasteiger partial charge in [-0.25, -0.2) is 8.42 Å². The Labute approximate surface area is 115 Å². The standard InChI is InChI=1S/C10H13NO6S2/c1-19(16,17)6-2-3-7(8(4-6)11(14)15)10(13)9(12)5-18/h2-4,9-10,12-13,18H,5H2,1H3. The molecule has 0 saturated heterocycles. The van der Waals surface area contributed by atoms with E-state index in [1.807, 2.05) is 0 Å². The minimum absolute atomic E-state index is 0.0911. The monoisotopic (exact) mass is 307 g/mol. The lowest BCUT2D eigenvalue weighted by atomic mass is 10.0. The molecule has 1 aromatic rings. The largest absolute Gasteiger partial charge is 0.389 e. The molecule has 0 bridgehead atoms. The van der Waals surface area contributed by atoms with Crippen LogP contribution in [0.4, 0.5) is 5.69 Å². The quantitative estimate of drug-likeness (QED) is 0.410. The molecule has 0 aliphatic carbocycles. The first-order chi connectivity index (χ1) is 8.68. The molecule has 106 valence electrons. The van der Waals surface area contributed by atoms with Crippen LogP contribution in [0.15, 0.2) is 23.1 Å². The van der Waals surface area contributed by atoms with Crippen LogP contribution in [-0.4, -0.2) is 41.7 Å². The number of hydrogen-bond donors (Lipinski definition) is 3. The summed E-state index contributed by atoms with van der Waals surface area (Å²) < 4.78 is 22.7. The molecule has 2 atom stereocenters. The van der Waals surface area contributed by atoms with Crippen LogP contribution in [0.3, 0.4) is 0 Å². The molecule has 0 saturated carbocycles. The molecule has 0 heterocycles. The van der Waals surface area contributed by atoms with Gasteiger partial charge in [-0.15, -0.1) is 0 Å². The van der Waals surface area contributed by atoms with E-state index in [1.54, 1.807) is 0 Å². The van der Waals surface area contributed by atoms with Crippen LogP contribution in [0.25, 0.3) is 0 Å². The Morgan fingerprint density at radius 3 is 2.42 bits per heavy atom. The highest BCUT2D eigenvalue weighted by Crippen LogP contribution is 2.30. The molecule has 1 aromatic carbocycles. The zero-order chi connectivity index (χ0) is 14.8. The van der Waals surface area contributed by atoms with Crippen LogP contribution < -0.4 is 0 Å². The van der Waals surface area contributed by atoms with Crippen molar-refractivity contribution in [2.45, 2.75) is 17.1 Å². The lowest BCUT2D eigenvalue weighted by Crippen LogP contribution is -2.20. The Bertz CT molecular complexity index is 586. The Morgan fingerprint density at radius 2 is 2.00 bits per heavy atom. The second-order valence-corrected chi connectivity index (χ2v) is 6.33. The van der Waals surface area contributed by atoms with E-state index in [0.29, 0.717) is 0 Å². The lowest BCUT2D eigenvalue weighted by molar-refractivity contribution is -0.386. The first-order valence-electron chi connectivity index (χ1n) is 5.14. The van der Waals surface area contributed by atoms with Gasteiger partial charge in [-0.3, -0.25) is 10.1 Å². The van der Waals surface area contributed by atoms with Gasteiger partial charge in [0.05, 0.1) is 21.5 Å². The number of rotatable bonds is 5. The van der Waals surface area contributed by atoms with Crippen molar-refractivity contribution in [3.63, 3.8) is 0 Å².